The molecule has 0 saturated carbocycles. The van der Waals surface area contributed by atoms with Crippen molar-refractivity contribution in [2.75, 3.05) is 0 Å². The average Bonchev–Trinajstić information content (AvgIpc) is 2.62. The van der Waals surface area contributed by atoms with Crippen molar-refractivity contribution < 1.29 is 12.6 Å². The summed E-state index contributed by atoms with van der Waals surface area (Å²) < 4.78 is 30.9. The van der Waals surface area contributed by atoms with Gasteiger partial charge in [0.15, 0.2) is 0 Å². The van der Waals surface area contributed by atoms with Gasteiger partial charge in [0.2, 0.25) is 0 Å². The van der Waals surface area contributed by atoms with Crippen molar-refractivity contribution in [2.24, 2.45) is 0 Å². The summed E-state index contributed by atoms with van der Waals surface area (Å²) in [5, 5.41) is 2.58. The molecule has 0 aliphatic heterocycles. The molecule has 0 unspecified atom stereocenters. The SMILES string of the molecule is Cc1ccc(S(=O)(=O)OC2CCc3cccc4cccc(c34)CC2)cc1. The van der Waals surface area contributed by atoms with E-state index in [9.17, 15) is 8.42 Å². The average molecular weight is 366 g/mol. The lowest BCUT2D eigenvalue weighted by Crippen LogP contribution is -2.21. The fourth-order valence-electron chi connectivity index (χ4n) is 3.73. The number of aryl methyl sites for hydroxylation is 3. The minimum atomic E-state index is -3.73. The molecule has 0 fully saturated rings. The van der Waals surface area contributed by atoms with Crippen molar-refractivity contribution in [1.29, 1.82) is 0 Å². The van der Waals surface area contributed by atoms with Crippen molar-refractivity contribution in [2.45, 2.75) is 43.6 Å². The first kappa shape index (κ1) is 17.3. The molecular formula is C22H22O3S. The lowest BCUT2D eigenvalue weighted by Gasteiger charge is -2.22. The molecule has 3 aromatic carbocycles. The van der Waals surface area contributed by atoms with E-state index in [1.54, 1.807) is 24.3 Å². The Labute approximate surface area is 154 Å². The second kappa shape index (κ2) is 6.86. The lowest BCUT2D eigenvalue weighted by molar-refractivity contribution is 0.188. The third-order valence-corrected chi connectivity index (χ3v) is 6.50. The quantitative estimate of drug-likeness (QED) is 0.625. The lowest BCUT2D eigenvalue weighted by atomic mass is 9.89. The summed E-state index contributed by atoms with van der Waals surface area (Å²) >= 11 is 0. The third kappa shape index (κ3) is 3.39. The van der Waals surface area contributed by atoms with Gasteiger partial charge in [0.1, 0.15) is 0 Å². The van der Waals surface area contributed by atoms with Gasteiger partial charge in [-0.2, -0.15) is 8.42 Å². The molecular weight excluding hydrogens is 344 g/mol. The zero-order chi connectivity index (χ0) is 18.1. The predicted octanol–water partition coefficient (Wildman–Crippen LogP) is 4.80. The highest BCUT2D eigenvalue weighted by Gasteiger charge is 2.24. The number of hydrogen-bond donors (Lipinski definition) is 0. The minimum absolute atomic E-state index is 0.229. The van der Waals surface area contributed by atoms with E-state index in [2.05, 4.69) is 36.4 Å². The highest BCUT2D eigenvalue weighted by molar-refractivity contribution is 7.86. The van der Waals surface area contributed by atoms with Crippen molar-refractivity contribution in [1.82, 2.24) is 0 Å². The highest BCUT2D eigenvalue weighted by atomic mass is 32.2. The smallest absolute Gasteiger partial charge is 0.263 e. The summed E-state index contributed by atoms with van der Waals surface area (Å²) in [5.41, 5.74) is 3.58. The first-order chi connectivity index (χ1) is 12.5. The fourth-order valence-corrected chi connectivity index (χ4v) is 4.86. The van der Waals surface area contributed by atoms with E-state index >= 15 is 0 Å². The molecule has 3 aromatic rings. The Kier molecular flexibility index (Phi) is 4.55. The third-order valence-electron chi connectivity index (χ3n) is 5.12. The van der Waals surface area contributed by atoms with Gasteiger partial charge in [-0.1, -0.05) is 54.1 Å². The van der Waals surface area contributed by atoms with Crippen LogP contribution >= 0.6 is 0 Å². The van der Waals surface area contributed by atoms with Gasteiger partial charge >= 0.3 is 0 Å². The molecule has 0 bridgehead atoms. The van der Waals surface area contributed by atoms with Crippen LogP contribution in [0.3, 0.4) is 0 Å². The second-order valence-corrected chi connectivity index (χ2v) is 8.57. The fraction of sp³-hybridized carbons (Fsp3) is 0.273. The van der Waals surface area contributed by atoms with Gasteiger partial charge in [-0.3, -0.25) is 4.18 Å². The second-order valence-electron chi connectivity index (χ2n) is 7.00. The molecule has 0 N–H and O–H groups in total. The maximum atomic E-state index is 12.6. The van der Waals surface area contributed by atoms with Gasteiger partial charge in [-0.25, -0.2) is 0 Å². The first-order valence-corrected chi connectivity index (χ1v) is 10.4. The van der Waals surface area contributed by atoms with E-state index in [1.165, 1.54) is 21.9 Å². The summed E-state index contributed by atoms with van der Waals surface area (Å²) in [6, 6.07) is 19.5. The number of hydrogen-bond acceptors (Lipinski definition) is 3. The maximum Gasteiger partial charge on any atom is 0.297 e. The number of rotatable bonds is 3. The Morgan fingerprint density at radius 2 is 1.42 bits per heavy atom. The molecule has 4 rings (SSSR count). The molecule has 26 heavy (non-hydrogen) atoms. The van der Waals surface area contributed by atoms with Gasteiger partial charge in [0.25, 0.3) is 10.1 Å². The van der Waals surface area contributed by atoms with Crippen LogP contribution in [0, 0.1) is 6.92 Å². The van der Waals surface area contributed by atoms with Crippen LogP contribution in [0.4, 0.5) is 0 Å². The highest BCUT2D eigenvalue weighted by Crippen LogP contribution is 2.30. The molecule has 1 aliphatic carbocycles. The van der Waals surface area contributed by atoms with Crippen LogP contribution in [0.5, 0.6) is 0 Å². The minimum Gasteiger partial charge on any atom is -0.263 e. The molecule has 0 spiro atoms. The summed E-state index contributed by atoms with van der Waals surface area (Å²) in [4.78, 5) is 0.229. The van der Waals surface area contributed by atoms with Crippen molar-refractivity contribution in [3.63, 3.8) is 0 Å². The standard InChI is InChI=1S/C22H22O3S/c1-16-8-14-21(15-9-16)26(23,24)25-20-12-10-18-6-2-4-17-5-3-7-19(11-13-20)22(17)18/h2-9,14-15,20H,10-13H2,1H3. The zero-order valence-electron chi connectivity index (χ0n) is 14.8. The topological polar surface area (TPSA) is 43.4 Å². The molecule has 0 atom stereocenters. The van der Waals surface area contributed by atoms with Crippen LogP contribution in [0.15, 0.2) is 65.6 Å². The van der Waals surface area contributed by atoms with E-state index in [4.69, 9.17) is 4.18 Å². The van der Waals surface area contributed by atoms with E-state index in [1.807, 2.05) is 6.92 Å². The van der Waals surface area contributed by atoms with Crippen LogP contribution in [0.25, 0.3) is 10.8 Å². The van der Waals surface area contributed by atoms with E-state index in [0.717, 1.165) is 18.4 Å². The summed E-state index contributed by atoms with van der Waals surface area (Å²) in [6.45, 7) is 1.93. The predicted molar refractivity (Wildman–Crippen MR) is 104 cm³/mol. The van der Waals surface area contributed by atoms with Gasteiger partial charge in [0.05, 0.1) is 11.0 Å². The molecule has 0 radical (unpaired) electrons. The Morgan fingerprint density at radius 3 is 2.00 bits per heavy atom. The van der Waals surface area contributed by atoms with Gasteiger partial charge in [-0.15, -0.1) is 0 Å². The Balaban J connectivity index is 1.58. The van der Waals surface area contributed by atoms with Crippen LogP contribution < -0.4 is 0 Å². The molecule has 3 nitrogen and oxygen atoms in total. The van der Waals surface area contributed by atoms with Crippen molar-refractivity contribution in [3.8, 4) is 0 Å². The molecule has 4 heteroatoms. The summed E-state index contributed by atoms with van der Waals surface area (Å²) in [6.07, 6.45) is 2.76. The van der Waals surface area contributed by atoms with E-state index in [-0.39, 0.29) is 11.0 Å². The number of benzene rings is 3. The first-order valence-electron chi connectivity index (χ1n) is 9.02. The van der Waals surface area contributed by atoms with Gasteiger partial charge in [-0.05, 0) is 66.6 Å². The molecule has 1 aliphatic rings. The molecule has 134 valence electrons. The van der Waals surface area contributed by atoms with Gasteiger partial charge < -0.3 is 0 Å². The van der Waals surface area contributed by atoms with E-state index < -0.39 is 10.1 Å². The largest absolute Gasteiger partial charge is 0.297 e. The van der Waals surface area contributed by atoms with Crippen LogP contribution in [-0.4, -0.2) is 14.5 Å². The molecule has 0 amide bonds. The zero-order valence-corrected chi connectivity index (χ0v) is 15.6. The molecule has 0 heterocycles. The van der Waals surface area contributed by atoms with Crippen molar-refractivity contribution in [3.05, 3.63) is 77.4 Å². The van der Waals surface area contributed by atoms with Crippen LogP contribution in [0.1, 0.15) is 29.5 Å². The Bertz CT molecular complexity index is 994. The normalized spacial score (nSPS) is 15.6. The van der Waals surface area contributed by atoms with E-state index in [0.29, 0.717) is 12.8 Å². The molecule has 0 saturated heterocycles. The Hall–Kier alpha value is -2.17. The van der Waals surface area contributed by atoms with Crippen LogP contribution in [0.2, 0.25) is 0 Å². The van der Waals surface area contributed by atoms with Crippen LogP contribution in [-0.2, 0) is 27.1 Å². The van der Waals surface area contributed by atoms with Crippen molar-refractivity contribution >= 4 is 20.9 Å². The van der Waals surface area contributed by atoms with Gasteiger partial charge in [0, 0.05) is 0 Å². The Morgan fingerprint density at radius 1 is 0.846 bits per heavy atom. The maximum absolute atomic E-state index is 12.6. The monoisotopic (exact) mass is 366 g/mol. The summed E-state index contributed by atoms with van der Waals surface area (Å²) in [5.74, 6) is 0. The summed E-state index contributed by atoms with van der Waals surface area (Å²) in [7, 11) is -3.73. The molecule has 0 aromatic heterocycles.